The van der Waals surface area contributed by atoms with Crippen molar-refractivity contribution >= 4 is 16.9 Å². The molecule has 0 amide bonds. The summed E-state index contributed by atoms with van der Waals surface area (Å²) >= 11 is 1.46. The highest BCUT2D eigenvalue weighted by Crippen LogP contribution is 2.38. The number of fused-ring (bicyclic) bond motifs is 1. The minimum atomic E-state index is -1.05. The van der Waals surface area contributed by atoms with Crippen LogP contribution in [0.5, 0.6) is 5.75 Å². The minimum Gasteiger partial charge on any atom is -0.497 e. The number of ether oxygens (including phenoxy) is 3. The Kier molecular flexibility index (Phi) is 6.09. The molecule has 1 aromatic rings. The maximum atomic E-state index is 10.5. The number of hydrogen-bond acceptors (Lipinski definition) is 8. The van der Waals surface area contributed by atoms with Gasteiger partial charge in [0.15, 0.2) is 5.17 Å². The Labute approximate surface area is 158 Å². The third-order valence-corrected chi connectivity index (χ3v) is 5.91. The third kappa shape index (κ3) is 3.99. The van der Waals surface area contributed by atoms with Gasteiger partial charge in [0.1, 0.15) is 35.5 Å². The summed E-state index contributed by atoms with van der Waals surface area (Å²) in [7, 11) is 5.41. The van der Waals surface area contributed by atoms with Gasteiger partial charge in [-0.3, -0.25) is 4.99 Å². The zero-order chi connectivity index (χ0) is 18.8. The highest BCUT2D eigenvalue weighted by atomic mass is 32.2. The van der Waals surface area contributed by atoms with Crippen molar-refractivity contribution in [3.63, 3.8) is 0 Å². The van der Waals surface area contributed by atoms with E-state index in [1.165, 1.54) is 11.8 Å². The number of amidine groups is 1. The van der Waals surface area contributed by atoms with E-state index >= 15 is 0 Å². The van der Waals surface area contributed by atoms with Crippen LogP contribution in [0.4, 0.5) is 0 Å². The van der Waals surface area contributed by atoms with E-state index in [4.69, 9.17) is 14.2 Å². The third-order valence-electron chi connectivity index (χ3n) is 4.60. The Morgan fingerprint density at radius 3 is 2.54 bits per heavy atom. The molecule has 26 heavy (non-hydrogen) atoms. The summed E-state index contributed by atoms with van der Waals surface area (Å²) in [4.78, 5) is 6.34. The van der Waals surface area contributed by atoms with Gasteiger partial charge in [-0.1, -0.05) is 23.9 Å². The zero-order valence-corrected chi connectivity index (χ0v) is 16.2. The highest BCUT2D eigenvalue weighted by Gasteiger charge is 2.50. The fourth-order valence-corrected chi connectivity index (χ4v) is 4.17. The quantitative estimate of drug-likeness (QED) is 0.788. The first-order valence-corrected chi connectivity index (χ1v) is 9.46. The van der Waals surface area contributed by atoms with Crippen LogP contribution in [0.15, 0.2) is 29.3 Å². The van der Waals surface area contributed by atoms with Crippen molar-refractivity contribution < 1.29 is 24.4 Å². The molecule has 0 spiro atoms. The molecule has 1 fully saturated rings. The average Bonchev–Trinajstić information content (AvgIpc) is 3.08. The number of nitrogens with zero attached hydrogens (tertiary/aromatic N) is 2. The van der Waals surface area contributed by atoms with Crippen LogP contribution in [0.25, 0.3) is 0 Å². The zero-order valence-electron chi connectivity index (χ0n) is 15.4. The van der Waals surface area contributed by atoms with Crippen LogP contribution < -0.4 is 4.74 Å². The monoisotopic (exact) mass is 382 g/mol. The second kappa shape index (κ2) is 8.14. The van der Waals surface area contributed by atoms with Gasteiger partial charge in [-0.2, -0.15) is 0 Å². The molecule has 0 aromatic heterocycles. The van der Waals surface area contributed by atoms with Crippen molar-refractivity contribution in [3.8, 4) is 5.75 Å². The summed E-state index contributed by atoms with van der Waals surface area (Å²) in [5.74, 6) is 0.789. The van der Waals surface area contributed by atoms with Gasteiger partial charge in [-0.15, -0.1) is 0 Å². The maximum absolute atomic E-state index is 10.5. The van der Waals surface area contributed by atoms with Crippen molar-refractivity contribution in [2.24, 2.45) is 4.99 Å². The molecule has 3 rings (SSSR count). The number of aliphatic imine (C=N–C) groups is 1. The summed E-state index contributed by atoms with van der Waals surface area (Å²) in [5.41, 5.74) is 0.678. The van der Waals surface area contributed by atoms with Crippen molar-refractivity contribution in [3.05, 3.63) is 29.8 Å². The van der Waals surface area contributed by atoms with Gasteiger partial charge in [0.25, 0.3) is 0 Å². The first-order valence-electron chi connectivity index (χ1n) is 8.58. The summed E-state index contributed by atoms with van der Waals surface area (Å²) in [6.45, 7) is 2.23. The normalized spacial score (nSPS) is 31.9. The molecule has 2 aliphatic rings. The maximum Gasteiger partial charge on any atom is 0.161 e. The van der Waals surface area contributed by atoms with Gasteiger partial charge in [0.05, 0.1) is 19.8 Å². The molecule has 7 nitrogen and oxygen atoms in total. The van der Waals surface area contributed by atoms with Gasteiger partial charge in [0, 0.05) is 14.1 Å². The SMILES string of the molecule is COc1ccc(CO[C@@H](C)C2O[C@@H]3SC(N(C)C)=N[C@@H]3[C@@H](O)[C@@H]2O)cc1. The van der Waals surface area contributed by atoms with Gasteiger partial charge < -0.3 is 29.3 Å². The van der Waals surface area contributed by atoms with Crippen molar-refractivity contribution in [2.75, 3.05) is 21.2 Å². The lowest BCUT2D eigenvalue weighted by atomic mass is 9.95. The van der Waals surface area contributed by atoms with Crippen LogP contribution in [0.2, 0.25) is 0 Å². The Bertz CT molecular complexity index is 639. The topological polar surface area (TPSA) is 83.8 Å². The summed E-state index contributed by atoms with van der Waals surface area (Å²) in [6.07, 6.45) is -3.02. The summed E-state index contributed by atoms with van der Waals surface area (Å²) < 4.78 is 17.1. The first kappa shape index (κ1) is 19.4. The number of benzene rings is 1. The Balaban J connectivity index is 1.60. The molecule has 8 heteroatoms. The number of aliphatic hydroxyl groups is 2. The molecule has 0 aliphatic carbocycles. The molecule has 6 atom stereocenters. The Hall–Kier alpha value is -1.32. The van der Waals surface area contributed by atoms with E-state index in [1.54, 1.807) is 7.11 Å². The molecule has 0 bridgehead atoms. The molecular formula is C18H26N2O5S. The second-order valence-electron chi connectivity index (χ2n) is 6.73. The average molecular weight is 382 g/mol. The van der Waals surface area contributed by atoms with Gasteiger partial charge in [-0.25, -0.2) is 0 Å². The van der Waals surface area contributed by atoms with Crippen LogP contribution in [0.3, 0.4) is 0 Å². The first-order chi connectivity index (χ1) is 12.4. The highest BCUT2D eigenvalue weighted by molar-refractivity contribution is 8.14. The van der Waals surface area contributed by atoms with Gasteiger partial charge in [0.2, 0.25) is 0 Å². The van der Waals surface area contributed by atoms with E-state index in [0.717, 1.165) is 16.5 Å². The van der Waals surface area contributed by atoms with Crippen LogP contribution >= 0.6 is 11.8 Å². The number of rotatable bonds is 5. The lowest BCUT2D eigenvalue weighted by Gasteiger charge is -2.40. The predicted molar refractivity (Wildman–Crippen MR) is 100 cm³/mol. The smallest absolute Gasteiger partial charge is 0.161 e. The molecule has 2 aliphatic heterocycles. The second-order valence-corrected chi connectivity index (χ2v) is 7.79. The number of thioether (sulfide) groups is 1. The van der Waals surface area contributed by atoms with Gasteiger partial charge in [-0.05, 0) is 24.6 Å². The van der Waals surface area contributed by atoms with E-state index in [1.807, 2.05) is 50.2 Å². The lowest BCUT2D eigenvalue weighted by Crippen LogP contribution is -2.58. The van der Waals surface area contributed by atoms with Crippen LogP contribution in [-0.2, 0) is 16.1 Å². The van der Waals surface area contributed by atoms with E-state index in [0.29, 0.717) is 6.61 Å². The standard InChI is InChI=1S/C18H26N2O5S/c1-10(24-9-11-5-7-12(23-4)8-6-11)16-15(22)14(21)13-17(25-16)26-18(19-13)20(2)3/h5-8,10,13-17,21-22H,9H2,1-4H3/t10-,13+,14+,15-,16?,17+/m0/s1. The molecule has 1 saturated heterocycles. The summed E-state index contributed by atoms with van der Waals surface area (Å²) in [6, 6.07) is 7.15. The van der Waals surface area contributed by atoms with Crippen molar-refractivity contribution in [2.45, 2.75) is 49.4 Å². The molecule has 1 aromatic carbocycles. The van der Waals surface area contributed by atoms with Gasteiger partial charge >= 0.3 is 0 Å². The molecule has 0 saturated carbocycles. The number of aliphatic hydroxyl groups excluding tert-OH is 2. The fourth-order valence-electron chi connectivity index (χ4n) is 3.02. The summed E-state index contributed by atoms with van der Waals surface area (Å²) in [5, 5.41) is 21.7. The van der Waals surface area contributed by atoms with Crippen molar-refractivity contribution in [1.82, 2.24) is 4.90 Å². The Morgan fingerprint density at radius 1 is 1.23 bits per heavy atom. The van der Waals surface area contributed by atoms with E-state index in [2.05, 4.69) is 4.99 Å². The fraction of sp³-hybridized carbons (Fsp3) is 0.611. The predicted octanol–water partition coefficient (Wildman–Crippen LogP) is 1.08. The molecular weight excluding hydrogens is 356 g/mol. The lowest BCUT2D eigenvalue weighted by molar-refractivity contribution is -0.193. The number of methoxy groups -OCH3 is 1. The van der Waals surface area contributed by atoms with E-state index < -0.39 is 24.4 Å². The Morgan fingerprint density at radius 2 is 1.92 bits per heavy atom. The van der Waals surface area contributed by atoms with Crippen LogP contribution in [0, 0.1) is 0 Å². The molecule has 1 unspecified atom stereocenters. The minimum absolute atomic E-state index is 0.317. The molecule has 2 N–H and O–H groups in total. The molecule has 2 heterocycles. The van der Waals surface area contributed by atoms with Crippen LogP contribution in [-0.4, -0.2) is 77.4 Å². The van der Waals surface area contributed by atoms with Crippen molar-refractivity contribution in [1.29, 1.82) is 0 Å². The molecule has 144 valence electrons. The largest absolute Gasteiger partial charge is 0.497 e. The molecule has 0 radical (unpaired) electrons. The van der Waals surface area contributed by atoms with Crippen LogP contribution in [0.1, 0.15) is 12.5 Å². The number of hydrogen-bond donors (Lipinski definition) is 2. The van der Waals surface area contributed by atoms with E-state index in [9.17, 15) is 10.2 Å². The van der Waals surface area contributed by atoms with E-state index in [-0.39, 0.29) is 11.5 Å².